The monoisotopic (exact) mass is 259 g/mol. The summed E-state index contributed by atoms with van der Waals surface area (Å²) in [5, 5.41) is 3.41. The third-order valence-electron chi connectivity index (χ3n) is 4.48. The first-order chi connectivity index (χ1) is 9.33. The van der Waals surface area contributed by atoms with E-state index in [0.717, 1.165) is 19.6 Å². The minimum Gasteiger partial charge on any atom is -0.373 e. The number of benzene rings is 1. The third kappa shape index (κ3) is 3.10. The van der Waals surface area contributed by atoms with Gasteiger partial charge in [-0.2, -0.15) is 0 Å². The Kier molecular flexibility index (Phi) is 4.04. The van der Waals surface area contributed by atoms with Gasteiger partial charge in [0.15, 0.2) is 0 Å². The van der Waals surface area contributed by atoms with Gasteiger partial charge in [-0.1, -0.05) is 6.07 Å². The first-order valence-corrected chi connectivity index (χ1v) is 7.59. The van der Waals surface area contributed by atoms with Crippen LogP contribution in [0.4, 0.5) is 5.69 Å². The number of hydrogen-bond donors (Lipinski definition) is 1. The maximum atomic E-state index is 3.41. The predicted molar refractivity (Wildman–Crippen MR) is 81.0 cm³/mol. The van der Waals surface area contributed by atoms with E-state index in [9.17, 15) is 0 Å². The molecule has 0 atom stereocenters. The molecule has 0 unspecified atom stereocenters. The molecule has 1 aromatic carbocycles. The highest BCUT2D eigenvalue weighted by Crippen LogP contribution is 2.26. The van der Waals surface area contributed by atoms with Crippen LogP contribution in [-0.2, 0) is 12.8 Å². The SMILES string of the molecule is CN(CCN1CCNCC1)c1ccc2c(c1)CCC2. The van der Waals surface area contributed by atoms with Crippen LogP contribution in [0, 0.1) is 0 Å². The number of piperazine rings is 1. The lowest BCUT2D eigenvalue weighted by Crippen LogP contribution is -2.46. The highest BCUT2D eigenvalue weighted by Gasteiger charge is 2.13. The van der Waals surface area contributed by atoms with Gasteiger partial charge in [0.05, 0.1) is 0 Å². The molecule has 3 rings (SSSR count). The van der Waals surface area contributed by atoms with Crippen molar-refractivity contribution in [2.45, 2.75) is 19.3 Å². The second-order valence-electron chi connectivity index (χ2n) is 5.82. The van der Waals surface area contributed by atoms with E-state index in [0.29, 0.717) is 0 Å². The summed E-state index contributed by atoms with van der Waals surface area (Å²) < 4.78 is 0. The summed E-state index contributed by atoms with van der Waals surface area (Å²) in [4.78, 5) is 4.96. The van der Waals surface area contributed by atoms with Crippen molar-refractivity contribution in [3.63, 3.8) is 0 Å². The van der Waals surface area contributed by atoms with Crippen molar-refractivity contribution in [2.75, 3.05) is 51.2 Å². The molecule has 1 saturated heterocycles. The van der Waals surface area contributed by atoms with Gasteiger partial charge < -0.3 is 10.2 Å². The summed E-state index contributed by atoms with van der Waals surface area (Å²) >= 11 is 0. The maximum Gasteiger partial charge on any atom is 0.0367 e. The van der Waals surface area contributed by atoms with Crippen molar-refractivity contribution in [3.8, 4) is 0 Å². The first-order valence-electron chi connectivity index (χ1n) is 7.59. The molecular formula is C16H25N3. The highest BCUT2D eigenvalue weighted by molar-refractivity contribution is 5.51. The zero-order valence-electron chi connectivity index (χ0n) is 12.0. The minimum atomic E-state index is 1.12. The molecular weight excluding hydrogens is 234 g/mol. The number of fused-ring (bicyclic) bond motifs is 1. The smallest absolute Gasteiger partial charge is 0.0367 e. The van der Waals surface area contributed by atoms with E-state index in [4.69, 9.17) is 0 Å². The lowest BCUT2D eigenvalue weighted by molar-refractivity contribution is 0.246. The van der Waals surface area contributed by atoms with E-state index in [1.165, 1.54) is 44.6 Å². The van der Waals surface area contributed by atoms with Gasteiger partial charge >= 0.3 is 0 Å². The van der Waals surface area contributed by atoms with Crippen LogP contribution in [-0.4, -0.2) is 51.2 Å². The third-order valence-corrected chi connectivity index (χ3v) is 4.48. The van der Waals surface area contributed by atoms with Gasteiger partial charge in [-0.25, -0.2) is 0 Å². The van der Waals surface area contributed by atoms with E-state index < -0.39 is 0 Å². The van der Waals surface area contributed by atoms with Crippen LogP contribution in [0.2, 0.25) is 0 Å². The molecule has 0 spiro atoms. The van der Waals surface area contributed by atoms with E-state index in [1.807, 2.05) is 0 Å². The average Bonchev–Trinajstić information content (AvgIpc) is 2.93. The Balaban J connectivity index is 1.56. The Morgan fingerprint density at radius 1 is 1.16 bits per heavy atom. The highest BCUT2D eigenvalue weighted by atomic mass is 15.2. The van der Waals surface area contributed by atoms with Gasteiger partial charge in [0.1, 0.15) is 0 Å². The molecule has 1 aliphatic heterocycles. The number of hydrogen-bond acceptors (Lipinski definition) is 3. The summed E-state index contributed by atoms with van der Waals surface area (Å²) in [6.45, 7) is 6.97. The van der Waals surface area contributed by atoms with Crippen LogP contribution in [0.5, 0.6) is 0 Å². The molecule has 3 nitrogen and oxygen atoms in total. The van der Waals surface area contributed by atoms with E-state index in [1.54, 1.807) is 11.1 Å². The topological polar surface area (TPSA) is 18.5 Å². The minimum absolute atomic E-state index is 1.12. The molecule has 1 fully saturated rings. The van der Waals surface area contributed by atoms with Crippen LogP contribution in [0.3, 0.4) is 0 Å². The van der Waals surface area contributed by atoms with Crippen LogP contribution in [0.15, 0.2) is 18.2 Å². The largest absolute Gasteiger partial charge is 0.373 e. The summed E-state index contributed by atoms with van der Waals surface area (Å²) in [5.74, 6) is 0. The van der Waals surface area contributed by atoms with Crippen molar-refractivity contribution in [1.82, 2.24) is 10.2 Å². The van der Waals surface area contributed by atoms with Crippen LogP contribution in [0.25, 0.3) is 0 Å². The van der Waals surface area contributed by atoms with Crippen molar-refractivity contribution in [3.05, 3.63) is 29.3 Å². The predicted octanol–water partition coefficient (Wildman–Crippen LogP) is 1.52. The Labute approximate surface area is 116 Å². The Morgan fingerprint density at radius 2 is 1.95 bits per heavy atom. The fraction of sp³-hybridized carbons (Fsp3) is 0.625. The van der Waals surface area contributed by atoms with E-state index >= 15 is 0 Å². The maximum absolute atomic E-state index is 3.41. The molecule has 0 saturated carbocycles. The molecule has 104 valence electrons. The Bertz CT molecular complexity index is 424. The molecule has 0 amide bonds. The summed E-state index contributed by atoms with van der Waals surface area (Å²) in [5.41, 5.74) is 4.53. The molecule has 1 aromatic rings. The number of likely N-dealkylation sites (N-methyl/N-ethyl adjacent to an activating group) is 1. The zero-order chi connectivity index (χ0) is 13.1. The quantitative estimate of drug-likeness (QED) is 0.884. The van der Waals surface area contributed by atoms with Crippen LogP contribution in [0.1, 0.15) is 17.5 Å². The molecule has 0 bridgehead atoms. The second kappa shape index (κ2) is 5.93. The fourth-order valence-electron chi connectivity index (χ4n) is 3.15. The standard InChI is InChI=1S/C16H25N3/c1-18(11-12-19-9-7-17-8-10-19)16-6-5-14-3-2-4-15(14)13-16/h5-6,13,17H,2-4,7-12H2,1H3. The van der Waals surface area contributed by atoms with E-state index in [-0.39, 0.29) is 0 Å². The van der Waals surface area contributed by atoms with Crippen molar-refractivity contribution < 1.29 is 0 Å². The zero-order valence-corrected chi connectivity index (χ0v) is 12.0. The molecule has 19 heavy (non-hydrogen) atoms. The average molecular weight is 259 g/mol. The van der Waals surface area contributed by atoms with Gasteiger partial charge in [-0.3, -0.25) is 4.90 Å². The fourth-order valence-corrected chi connectivity index (χ4v) is 3.15. The second-order valence-corrected chi connectivity index (χ2v) is 5.82. The number of rotatable bonds is 4. The molecule has 3 heteroatoms. The van der Waals surface area contributed by atoms with Crippen LogP contribution >= 0.6 is 0 Å². The number of nitrogens with zero attached hydrogens (tertiary/aromatic N) is 2. The molecule has 1 aliphatic carbocycles. The molecule has 2 aliphatic rings. The Morgan fingerprint density at radius 3 is 2.79 bits per heavy atom. The lowest BCUT2D eigenvalue weighted by atomic mass is 10.1. The molecule has 0 radical (unpaired) electrons. The normalized spacial score (nSPS) is 19.4. The summed E-state index contributed by atoms with van der Waals surface area (Å²) in [6.07, 6.45) is 3.89. The summed E-state index contributed by atoms with van der Waals surface area (Å²) in [6, 6.07) is 7.03. The summed E-state index contributed by atoms with van der Waals surface area (Å²) in [7, 11) is 2.22. The van der Waals surface area contributed by atoms with Crippen molar-refractivity contribution in [1.29, 1.82) is 0 Å². The molecule has 1 heterocycles. The molecule has 1 N–H and O–H groups in total. The van der Waals surface area contributed by atoms with Crippen LogP contribution < -0.4 is 10.2 Å². The number of aryl methyl sites for hydroxylation is 2. The van der Waals surface area contributed by atoms with Crippen molar-refractivity contribution in [2.24, 2.45) is 0 Å². The number of nitrogens with one attached hydrogen (secondary N) is 1. The van der Waals surface area contributed by atoms with Gasteiger partial charge in [0.25, 0.3) is 0 Å². The van der Waals surface area contributed by atoms with E-state index in [2.05, 4.69) is 40.4 Å². The van der Waals surface area contributed by atoms with Gasteiger partial charge in [-0.15, -0.1) is 0 Å². The Hall–Kier alpha value is -1.06. The molecule has 0 aromatic heterocycles. The lowest BCUT2D eigenvalue weighted by Gasteiger charge is -2.29. The van der Waals surface area contributed by atoms with Gasteiger partial charge in [-0.05, 0) is 42.5 Å². The van der Waals surface area contributed by atoms with Gasteiger partial charge in [0.2, 0.25) is 0 Å². The van der Waals surface area contributed by atoms with Gasteiger partial charge in [0, 0.05) is 52.0 Å². The van der Waals surface area contributed by atoms with Crippen molar-refractivity contribution >= 4 is 5.69 Å². The first kappa shape index (κ1) is 12.9. The number of anilines is 1.